The highest BCUT2D eigenvalue weighted by molar-refractivity contribution is 7.71. The molecular formula is C19H22O3P+. The molecular weight excluding hydrogens is 307 g/mol. The Labute approximate surface area is 138 Å². The number of carbonyl (C=O) groups excluding carboxylic acids is 1. The van der Waals surface area contributed by atoms with Gasteiger partial charge in [0.25, 0.3) is 0 Å². The number of aryl methyl sites for hydroxylation is 3. The fourth-order valence-electron chi connectivity index (χ4n) is 2.71. The number of hydrogen-bond acceptors (Lipinski definition) is 3. The van der Waals surface area contributed by atoms with Crippen LogP contribution in [0.4, 0.5) is 0 Å². The minimum Gasteiger partial charge on any atom is -0.486 e. The summed E-state index contributed by atoms with van der Waals surface area (Å²) in [5.41, 5.74) is 3.03. The Hall–Kier alpha value is -1.99. The van der Waals surface area contributed by atoms with Crippen LogP contribution in [0.5, 0.6) is 5.75 Å². The molecule has 0 heterocycles. The predicted molar refractivity (Wildman–Crippen MR) is 94.4 cm³/mol. The Bertz CT molecular complexity index is 740. The zero-order chi connectivity index (χ0) is 17.1. The fourth-order valence-corrected chi connectivity index (χ4v) is 4.03. The quantitative estimate of drug-likeness (QED) is 0.747. The number of para-hydroxylation sites is 1. The fraction of sp³-hybridized carbons (Fsp3) is 0.316. The van der Waals surface area contributed by atoms with Crippen molar-refractivity contribution in [3.05, 3.63) is 58.7 Å². The monoisotopic (exact) mass is 329 g/mol. The summed E-state index contributed by atoms with van der Waals surface area (Å²) in [6.07, 6.45) is -0.0440. The maximum Gasteiger partial charge on any atom is 0.462 e. The Morgan fingerprint density at radius 2 is 1.61 bits per heavy atom. The van der Waals surface area contributed by atoms with Crippen molar-refractivity contribution in [3.8, 4) is 5.75 Å². The molecule has 23 heavy (non-hydrogen) atoms. The Balaban J connectivity index is 2.44. The molecule has 0 fully saturated rings. The van der Waals surface area contributed by atoms with Crippen LogP contribution < -0.4 is 10.0 Å². The van der Waals surface area contributed by atoms with E-state index in [2.05, 4.69) is 0 Å². The van der Waals surface area contributed by atoms with Gasteiger partial charge in [0.05, 0.1) is 11.7 Å². The topological polar surface area (TPSA) is 43.4 Å². The lowest BCUT2D eigenvalue weighted by Gasteiger charge is -2.09. The summed E-state index contributed by atoms with van der Waals surface area (Å²) in [4.78, 5) is 12.8. The summed E-state index contributed by atoms with van der Waals surface area (Å²) in [5, 5.41) is 0.459. The Kier molecular flexibility index (Phi) is 5.33. The van der Waals surface area contributed by atoms with Crippen molar-refractivity contribution in [2.24, 2.45) is 0 Å². The molecule has 0 saturated carbocycles. The van der Waals surface area contributed by atoms with Crippen LogP contribution in [-0.2, 0) is 4.57 Å². The first kappa shape index (κ1) is 17.4. The normalized spacial score (nSPS) is 11.5. The van der Waals surface area contributed by atoms with E-state index in [4.69, 9.17) is 4.74 Å². The van der Waals surface area contributed by atoms with Gasteiger partial charge in [0.1, 0.15) is 0 Å². The second-order valence-corrected chi connectivity index (χ2v) is 7.48. The summed E-state index contributed by atoms with van der Waals surface area (Å²) < 4.78 is 18.6. The van der Waals surface area contributed by atoms with Crippen LogP contribution in [0.15, 0.2) is 36.4 Å². The third kappa shape index (κ3) is 3.86. The van der Waals surface area contributed by atoms with Gasteiger partial charge in [0.2, 0.25) is 5.30 Å². The number of benzene rings is 2. The van der Waals surface area contributed by atoms with Gasteiger partial charge in [-0.1, -0.05) is 34.4 Å². The average molecular weight is 329 g/mol. The molecule has 3 nitrogen and oxygen atoms in total. The molecule has 0 amide bonds. The molecule has 0 aromatic heterocycles. The molecule has 0 aliphatic heterocycles. The molecule has 0 saturated heterocycles. The van der Waals surface area contributed by atoms with Crippen LogP contribution in [-0.4, -0.2) is 11.6 Å². The van der Waals surface area contributed by atoms with Crippen molar-refractivity contribution in [2.75, 3.05) is 0 Å². The number of carbonyl (C=O) groups is 1. The lowest BCUT2D eigenvalue weighted by atomic mass is 10.0. The van der Waals surface area contributed by atoms with Crippen LogP contribution in [0.3, 0.4) is 0 Å². The minimum atomic E-state index is -2.22. The molecule has 4 heteroatoms. The second-order valence-electron chi connectivity index (χ2n) is 6.01. The average Bonchev–Trinajstić information content (AvgIpc) is 2.45. The highest BCUT2D eigenvalue weighted by Gasteiger charge is 2.37. The molecule has 2 aromatic carbocycles. The van der Waals surface area contributed by atoms with Gasteiger partial charge >= 0.3 is 13.3 Å². The van der Waals surface area contributed by atoms with E-state index in [1.165, 1.54) is 0 Å². The SMILES string of the molecule is Cc1cc(C)c(C(=O)[P+](=O)c2ccccc2OC(C)C)c(C)c1. The third-order valence-corrected chi connectivity index (χ3v) is 4.92. The summed E-state index contributed by atoms with van der Waals surface area (Å²) >= 11 is 0. The first-order valence-corrected chi connectivity index (χ1v) is 8.92. The maximum atomic E-state index is 12.9. The number of ether oxygens (including phenoxy) is 1. The Morgan fingerprint density at radius 3 is 2.17 bits per heavy atom. The molecule has 0 spiro atoms. The number of hydrogen-bond donors (Lipinski definition) is 0. The van der Waals surface area contributed by atoms with Crippen LogP contribution in [0.1, 0.15) is 40.9 Å². The molecule has 1 atom stereocenters. The smallest absolute Gasteiger partial charge is 0.462 e. The van der Waals surface area contributed by atoms with Gasteiger partial charge in [-0.25, -0.2) is 4.79 Å². The van der Waals surface area contributed by atoms with Crippen molar-refractivity contribution in [1.29, 1.82) is 0 Å². The summed E-state index contributed by atoms with van der Waals surface area (Å²) in [5.74, 6) is 0.513. The van der Waals surface area contributed by atoms with Gasteiger partial charge in [-0.15, -0.1) is 0 Å². The van der Waals surface area contributed by atoms with Gasteiger partial charge in [0.15, 0.2) is 5.75 Å². The van der Waals surface area contributed by atoms with Crippen molar-refractivity contribution in [3.63, 3.8) is 0 Å². The van der Waals surface area contributed by atoms with Gasteiger partial charge in [-0.3, -0.25) is 0 Å². The molecule has 0 bridgehead atoms. The van der Waals surface area contributed by atoms with Crippen molar-refractivity contribution < 1.29 is 14.1 Å². The zero-order valence-corrected chi connectivity index (χ0v) is 15.1. The van der Waals surface area contributed by atoms with Gasteiger partial charge in [-0.05, 0) is 57.9 Å². The lowest BCUT2D eigenvalue weighted by molar-refractivity contribution is 0.107. The van der Waals surface area contributed by atoms with Crippen LogP contribution in [0.2, 0.25) is 0 Å². The summed E-state index contributed by atoms with van der Waals surface area (Å²) in [7, 11) is -2.22. The molecule has 0 radical (unpaired) electrons. The first-order chi connectivity index (χ1) is 10.8. The van der Waals surface area contributed by atoms with Crippen molar-refractivity contribution >= 4 is 18.6 Å². The highest BCUT2D eigenvalue weighted by atomic mass is 31.1. The molecule has 2 aromatic rings. The van der Waals surface area contributed by atoms with E-state index < -0.39 is 7.80 Å². The Morgan fingerprint density at radius 1 is 1.04 bits per heavy atom. The molecule has 0 aliphatic carbocycles. The van der Waals surface area contributed by atoms with E-state index >= 15 is 0 Å². The van der Waals surface area contributed by atoms with E-state index in [1.54, 1.807) is 18.2 Å². The van der Waals surface area contributed by atoms with E-state index in [-0.39, 0.29) is 11.6 Å². The molecule has 2 rings (SSSR count). The van der Waals surface area contributed by atoms with Crippen molar-refractivity contribution in [2.45, 2.75) is 40.7 Å². The third-order valence-electron chi connectivity index (χ3n) is 3.52. The number of rotatable bonds is 5. The molecule has 1 unspecified atom stereocenters. The summed E-state index contributed by atoms with van der Waals surface area (Å²) in [6.45, 7) is 9.56. The van der Waals surface area contributed by atoms with Crippen LogP contribution >= 0.6 is 7.80 Å². The summed E-state index contributed by atoms with van der Waals surface area (Å²) in [6, 6.07) is 10.9. The second kappa shape index (κ2) is 7.06. The van der Waals surface area contributed by atoms with Gasteiger partial charge < -0.3 is 4.74 Å². The maximum absolute atomic E-state index is 12.9. The standard InChI is InChI=1S/C19H22O3P/c1-12(2)22-16-8-6-7-9-17(16)23(21)19(20)18-14(4)10-13(3)11-15(18)5/h6-12H,1-5H3/q+1. The minimum absolute atomic E-state index is 0.0440. The molecule has 0 N–H and O–H groups in total. The first-order valence-electron chi connectivity index (χ1n) is 7.66. The van der Waals surface area contributed by atoms with Crippen molar-refractivity contribution in [1.82, 2.24) is 0 Å². The predicted octanol–water partition coefficient (Wildman–Crippen LogP) is 4.69. The molecule has 0 aliphatic rings. The van der Waals surface area contributed by atoms with Gasteiger partial charge in [0, 0.05) is 0 Å². The largest absolute Gasteiger partial charge is 0.486 e. The zero-order valence-electron chi connectivity index (χ0n) is 14.2. The molecule has 120 valence electrons. The lowest BCUT2D eigenvalue weighted by Crippen LogP contribution is -2.14. The van der Waals surface area contributed by atoms with E-state index in [9.17, 15) is 9.36 Å². The highest BCUT2D eigenvalue weighted by Crippen LogP contribution is 2.33. The van der Waals surface area contributed by atoms with Crippen LogP contribution in [0, 0.1) is 20.8 Å². The van der Waals surface area contributed by atoms with E-state index in [1.807, 2.05) is 52.8 Å². The van der Waals surface area contributed by atoms with Crippen LogP contribution in [0.25, 0.3) is 0 Å². The van der Waals surface area contributed by atoms with E-state index in [0.29, 0.717) is 16.6 Å². The van der Waals surface area contributed by atoms with Gasteiger partial charge in [-0.2, -0.15) is 0 Å². The van der Waals surface area contributed by atoms with E-state index in [0.717, 1.165) is 16.7 Å².